The summed E-state index contributed by atoms with van der Waals surface area (Å²) in [7, 11) is 0. The number of rotatable bonds is 8. The van der Waals surface area contributed by atoms with Gasteiger partial charge in [0.25, 0.3) is 0 Å². The summed E-state index contributed by atoms with van der Waals surface area (Å²) in [5, 5.41) is 6.57. The number of carbonyl (C=O) groups is 4. The summed E-state index contributed by atoms with van der Waals surface area (Å²) in [6.07, 6.45) is -1.01. The molecule has 40 heavy (non-hydrogen) atoms. The Labute approximate surface area is 225 Å². The van der Waals surface area contributed by atoms with Crippen LogP contribution < -0.4 is 22.3 Å². The lowest BCUT2D eigenvalue weighted by Gasteiger charge is -2.04. The van der Waals surface area contributed by atoms with E-state index < -0.39 is 77.1 Å². The zero-order valence-corrected chi connectivity index (χ0v) is 21.3. The Hall–Kier alpha value is -5.02. The van der Waals surface area contributed by atoms with Crippen LogP contribution in [-0.4, -0.2) is 48.6 Å². The molecule has 2 aromatic carbocycles. The highest BCUT2D eigenvalue weighted by atomic mass is 19.2. The number of carbonyl (C=O) groups excluding carboxylic acids is 4. The molecule has 2 rings (SSSR count). The van der Waals surface area contributed by atoms with Crippen LogP contribution in [0.15, 0.2) is 46.6 Å². The first-order valence-electron chi connectivity index (χ1n) is 11.3. The van der Waals surface area contributed by atoms with E-state index in [2.05, 4.69) is 19.7 Å². The third kappa shape index (κ3) is 11.2. The van der Waals surface area contributed by atoms with Gasteiger partial charge in [-0.2, -0.15) is 0 Å². The minimum atomic E-state index is -1.11. The monoisotopic (exact) mass is 570 g/mol. The predicted octanol–water partition coefficient (Wildman–Crippen LogP) is 0.918. The molecule has 0 heterocycles. The number of hydrogen-bond donors (Lipinski definition) is 4. The van der Waals surface area contributed by atoms with Gasteiger partial charge in [0.05, 0.1) is 26.1 Å². The minimum absolute atomic E-state index is 0.101. The molecule has 12 nitrogen and oxygen atoms in total. The molecule has 2 amide bonds. The van der Waals surface area contributed by atoms with Gasteiger partial charge in [-0.15, -0.1) is 10.2 Å². The Morgan fingerprint density at radius 3 is 1.62 bits per heavy atom. The average Bonchev–Trinajstić information content (AvgIpc) is 2.91. The molecule has 0 fully saturated rings. The molecule has 0 saturated heterocycles. The third-order valence-electron chi connectivity index (χ3n) is 4.35. The van der Waals surface area contributed by atoms with Gasteiger partial charge in [-0.3, -0.25) is 9.59 Å². The second-order valence-electron chi connectivity index (χ2n) is 7.27. The number of esters is 2. The van der Waals surface area contributed by atoms with E-state index in [4.69, 9.17) is 11.5 Å². The maximum absolute atomic E-state index is 13.3. The molecule has 6 N–H and O–H groups in total. The van der Waals surface area contributed by atoms with Gasteiger partial charge in [0.2, 0.25) is 23.5 Å². The van der Waals surface area contributed by atoms with Crippen molar-refractivity contribution in [1.82, 2.24) is 10.9 Å². The van der Waals surface area contributed by atoms with Gasteiger partial charge < -0.3 is 20.9 Å². The van der Waals surface area contributed by atoms with Crippen LogP contribution in [0.3, 0.4) is 0 Å². The highest BCUT2D eigenvalue weighted by molar-refractivity contribution is 6.35. The topological polar surface area (TPSA) is 188 Å². The van der Waals surface area contributed by atoms with Gasteiger partial charge in [0.15, 0.2) is 11.6 Å². The van der Waals surface area contributed by atoms with E-state index >= 15 is 0 Å². The molecule has 0 aromatic heterocycles. The number of hydrazone groups is 2. The molecule has 0 unspecified atom stereocenters. The lowest BCUT2D eigenvalue weighted by atomic mass is 10.1. The van der Waals surface area contributed by atoms with Crippen molar-refractivity contribution in [2.75, 3.05) is 13.2 Å². The number of halogens is 4. The number of amidine groups is 2. The van der Waals surface area contributed by atoms with Crippen molar-refractivity contribution in [2.24, 2.45) is 21.7 Å². The van der Waals surface area contributed by atoms with E-state index in [0.29, 0.717) is 0 Å². The van der Waals surface area contributed by atoms with Crippen LogP contribution in [0.4, 0.5) is 17.6 Å². The number of nitrogens with one attached hydrogen (secondary N) is 2. The maximum Gasteiger partial charge on any atom is 0.375 e. The van der Waals surface area contributed by atoms with Crippen LogP contribution in [0.25, 0.3) is 0 Å². The summed E-state index contributed by atoms with van der Waals surface area (Å²) >= 11 is 0. The van der Waals surface area contributed by atoms with Crippen LogP contribution in [0.5, 0.6) is 0 Å². The molecular formula is C24H26F4N6O6. The highest BCUT2D eigenvalue weighted by Gasteiger charge is 2.15. The summed E-state index contributed by atoms with van der Waals surface area (Å²) in [4.78, 5) is 45.0. The zero-order valence-electron chi connectivity index (χ0n) is 21.3. The van der Waals surface area contributed by atoms with Crippen molar-refractivity contribution in [2.45, 2.75) is 26.7 Å². The first-order chi connectivity index (χ1) is 18.9. The maximum atomic E-state index is 13.3. The number of hydrogen-bond acceptors (Lipinski definition) is 8. The molecule has 0 spiro atoms. The Bertz CT molecular complexity index is 1270. The van der Waals surface area contributed by atoms with Crippen molar-refractivity contribution >= 4 is 35.4 Å². The fourth-order valence-corrected chi connectivity index (χ4v) is 2.55. The van der Waals surface area contributed by atoms with Crippen LogP contribution in [0.1, 0.15) is 25.0 Å². The lowest BCUT2D eigenvalue weighted by Crippen LogP contribution is -2.31. The van der Waals surface area contributed by atoms with Gasteiger partial charge >= 0.3 is 11.9 Å². The molecule has 0 saturated carbocycles. The van der Waals surface area contributed by atoms with E-state index in [-0.39, 0.29) is 18.8 Å². The minimum Gasteiger partial charge on any atom is -0.460 e. The Kier molecular flexibility index (Phi) is 13.8. The Morgan fingerprint density at radius 1 is 0.725 bits per heavy atom. The third-order valence-corrected chi connectivity index (χ3v) is 4.35. The molecule has 2 aromatic rings. The van der Waals surface area contributed by atoms with Gasteiger partial charge in [-0.25, -0.2) is 38.0 Å². The molecule has 16 heteroatoms. The smallest absolute Gasteiger partial charge is 0.375 e. The number of ether oxygens (including phenoxy) is 2. The predicted molar refractivity (Wildman–Crippen MR) is 133 cm³/mol. The summed E-state index contributed by atoms with van der Waals surface area (Å²) in [5.41, 5.74) is 13.8. The number of benzene rings is 2. The SMILES string of the molecule is CCOC(=O)C(N)=NNC(=O)Cc1c(F)cccc1F.CCOC(=O)C(N)=NNC(=O)Cc1cccc(F)c1F. The van der Waals surface area contributed by atoms with E-state index in [0.717, 1.165) is 18.2 Å². The van der Waals surface area contributed by atoms with Crippen molar-refractivity contribution in [1.29, 1.82) is 0 Å². The first-order valence-corrected chi connectivity index (χ1v) is 11.3. The summed E-state index contributed by atoms with van der Waals surface area (Å²) < 4.78 is 61.8. The fourth-order valence-electron chi connectivity index (χ4n) is 2.55. The van der Waals surface area contributed by atoms with Crippen LogP contribution in [-0.2, 0) is 41.5 Å². The molecule has 0 radical (unpaired) electrons. The molecule has 0 aliphatic carbocycles. The van der Waals surface area contributed by atoms with Gasteiger partial charge in [-0.1, -0.05) is 18.2 Å². The van der Waals surface area contributed by atoms with Crippen LogP contribution >= 0.6 is 0 Å². The van der Waals surface area contributed by atoms with Crippen molar-refractivity contribution < 1.29 is 46.2 Å². The second kappa shape index (κ2) is 16.7. The number of nitrogens with two attached hydrogens (primary N) is 2. The average molecular weight is 571 g/mol. The standard InChI is InChI=1S/2C12H13F2N3O3/c1-2-20-12(19)11(15)17-16-10(18)6-7-8(13)4-3-5-9(7)14;1-2-20-12(19)11(15)17-16-9(18)6-7-4-3-5-8(13)10(7)14/h2*3-5H,2,6H2,1H3,(H2,15,17)(H,16,18). The van der Waals surface area contributed by atoms with E-state index in [1.807, 2.05) is 10.9 Å². The number of amides is 2. The van der Waals surface area contributed by atoms with E-state index in [1.54, 1.807) is 13.8 Å². The molecular weight excluding hydrogens is 544 g/mol. The molecule has 0 bridgehead atoms. The molecule has 0 aliphatic rings. The van der Waals surface area contributed by atoms with Crippen molar-refractivity contribution in [3.8, 4) is 0 Å². The zero-order chi connectivity index (χ0) is 30.2. The normalized spacial score (nSPS) is 11.1. The fraction of sp³-hybridized carbons (Fsp3) is 0.250. The summed E-state index contributed by atoms with van der Waals surface area (Å²) in [6, 6.07) is 6.72. The van der Waals surface area contributed by atoms with Gasteiger partial charge in [0.1, 0.15) is 11.6 Å². The van der Waals surface area contributed by atoms with Gasteiger partial charge in [0, 0.05) is 11.1 Å². The van der Waals surface area contributed by atoms with E-state index in [9.17, 15) is 36.7 Å². The number of nitrogens with zero attached hydrogens (tertiary/aromatic N) is 2. The van der Waals surface area contributed by atoms with Crippen molar-refractivity contribution in [3.63, 3.8) is 0 Å². The molecule has 0 aliphatic heterocycles. The molecule has 0 atom stereocenters. The van der Waals surface area contributed by atoms with Crippen LogP contribution in [0, 0.1) is 23.3 Å². The Balaban J connectivity index is 0.000000400. The summed E-state index contributed by atoms with van der Waals surface area (Å²) in [6.45, 7) is 3.36. The molecule has 216 valence electrons. The van der Waals surface area contributed by atoms with Gasteiger partial charge in [-0.05, 0) is 32.0 Å². The second-order valence-corrected chi connectivity index (χ2v) is 7.27. The quantitative estimate of drug-likeness (QED) is 0.119. The first kappa shape index (κ1) is 33.0. The van der Waals surface area contributed by atoms with Crippen molar-refractivity contribution in [3.05, 3.63) is 70.8 Å². The lowest BCUT2D eigenvalue weighted by molar-refractivity contribution is -0.136. The summed E-state index contributed by atoms with van der Waals surface area (Å²) in [5.74, 6) is -8.30. The highest BCUT2D eigenvalue weighted by Crippen LogP contribution is 2.13. The Morgan fingerprint density at radius 2 is 1.15 bits per heavy atom. The largest absolute Gasteiger partial charge is 0.460 e. The van der Waals surface area contributed by atoms with E-state index in [1.165, 1.54) is 18.2 Å². The van der Waals surface area contributed by atoms with Crippen LogP contribution in [0.2, 0.25) is 0 Å².